The van der Waals surface area contributed by atoms with Gasteiger partial charge >= 0.3 is 0 Å². The zero-order chi connectivity index (χ0) is 33.5. The van der Waals surface area contributed by atoms with Crippen LogP contribution in [-0.2, 0) is 0 Å². The molecule has 0 unspecified atom stereocenters. The second kappa shape index (κ2) is 10.9. The Labute approximate surface area is 294 Å². The van der Waals surface area contributed by atoms with E-state index < -0.39 is 0 Å². The molecule has 1 aromatic heterocycles. The third kappa shape index (κ3) is 4.16. The molecular formula is C50H30O. The number of para-hydroxylation sites is 1. The van der Waals surface area contributed by atoms with Crippen molar-refractivity contribution in [2.45, 2.75) is 0 Å². The lowest BCUT2D eigenvalue weighted by Crippen LogP contribution is -1.93. The Hall–Kier alpha value is -6.70. The molecule has 0 saturated carbocycles. The van der Waals surface area contributed by atoms with Gasteiger partial charge in [-0.15, -0.1) is 0 Å². The minimum Gasteiger partial charge on any atom is -0.455 e. The van der Waals surface area contributed by atoms with Gasteiger partial charge in [0.1, 0.15) is 11.2 Å². The lowest BCUT2D eigenvalue weighted by molar-refractivity contribution is 0.672. The molecule has 236 valence electrons. The van der Waals surface area contributed by atoms with Crippen molar-refractivity contribution >= 4 is 75.8 Å². The van der Waals surface area contributed by atoms with Crippen LogP contribution in [0.5, 0.6) is 0 Å². The van der Waals surface area contributed by atoms with E-state index in [2.05, 4.69) is 176 Å². The molecule has 0 amide bonds. The molecule has 1 heterocycles. The summed E-state index contributed by atoms with van der Waals surface area (Å²) < 4.78 is 6.51. The van der Waals surface area contributed by atoms with E-state index in [0.29, 0.717) is 0 Å². The summed E-state index contributed by atoms with van der Waals surface area (Å²) in [5.74, 6) is 0. The number of furan rings is 1. The molecule has 0 N–H and O–H groups in total. The van der Waals surface area contributed by atoms with Gasteiger partial charge in [0.15, 0.2) is 0 Å². The van der Waals surface area contributed by atoms with Crippen molar-refractivity contribution in [3.8, 4) is 33.4 Å². The standard InChI is InChI=1S/C50H30O/c1-2-14-32-29-33(26-25-31(32)13-1)34-27-28-43(36-16-4-3-15-35(34)36)48-39-19-6-8-21-41(39)49(42-22-9-7-20-40(42)48)45-30-46-38-18-11-12-24-47(38)51-50(46)44-23-10-5-17-37(44)45/h1-30H. The number of rotatable bonds is 3. The smallest absolute Gasteiger partial charge is 0.143 e. The second-order valence-electron chi connectivity index (χ2n) is 13.6. The minimum absolute atomic E-state index is 0.916. The van der Waals surface area contributed by atoms with E-state index in [1.165, 1.54) is 81.9 Å². The Morgan fingerprint density at radius 1 is 0.275 bits per heavy atom. The summed E-state index contributed by atoms with van der Waals surface area (Å²) in [7, 11) is 0. The predicted molar refractivity (Wildman–Crippen MR) is 218 cm³/mol. The second-order valence-corrected chi connectivity index (χ2v) is 13.6. The maximum absolute atomic E-state index is 6.51. The molecule has 1 heteroatoms. The van der Waals surface area contributed by atoms with Crippen LogP contribution in [0.4, 0.5) is 0 Å². The van der Waals surface area contributed by atoms with Crippen molar-refractivity contribution in [2.75, 3.05) is 0 Å². The van der Waals surface area contributed by atoms with Crippen molar-refractivity contribution in [1.29, 1.82) is 0 Å². The van der Waals surface area contributed by atoms with Crippen molar-refractivity contribution < 1.29 is 4.42 Å². The number of fused-ring (bicyclic) bond motifs is 9. The topological polar surface area (TPSA) is 13.1 Å². The van der Waals surface area contributed by atoms with Gasteiger partial charge in [-0.1, -0.05) is 164 Å². The van der Waals surface area contributed by atoms with E-state index in [4.69, 9.17) is 4.42 Å². The van der Waals surface area contributed by atoms with Crippen molar-refractivity contribution in [3.05, 3.63) is 182 Å². The molecule has 0 aliphatic heterocycles. The fraction of sp³-hybridized carbons (Fsp3) is 0. The maximum Gasteiger partial charge on any atom is 0.143 e. The van der Waals surface area contributed by atoms with Gasteiger partial charge < -0.3 is 4.42 Å². The minimum atomic E-state index is 0.916. The van der Waals surface area contributed by atoms with E-state index in [9.17, 15) is 0 Å². The molecule has 51 heavy (non-hydrogen) atoms. The van der Waals surface area contributed by atoms with Gasteiger partial charge in [-0.05, 0) is 100 Å². The SMILES string of the molecule is c1ccc2cc(-c3ccc(-c4c5ccccc5c(-c5cc6c7ccccc7oc6c6ccccc56)c5ccccc45)c4ccccc34)ccc2c1. The summed E-state index contributed by atoms with van der Waals surface area (Å²) in [5, 5.41) is 14.6. The van der Waals surface area contributed by atoms with E-state index in [-0.39, 0.29) is 0 Å². The summed E-state index contributed by atoms with van der Waals surface area (Å²) in [6, 6.07) is 66.4. The molecule has 0 saturated heterocycles. The van der Waals surface area contributed by atoms with Gasteiger partial charge in [0.2, 0.25) is 0 Å². The molecule has 0 spiro atoms. The fourth-order valence-electron chi connectivity index (χ4n) is 8.59. The molecular weight excluding hydrogens is 617 g/mol. The first kappa shape index (κ1) is 28.2. The van der Waals surface area contributed by atoms with Gasteiger partial charge in [0.05, 0.1) is 0 Å². The third-order valence-corrected chi connectivity index (χ3v) is 10.8. The summed E-state index contributed by atoms with van der Waals surface area (Å²) in [6.45, 7) is 0. The maximum atomic E-state index is 6.51. The zero-order valence-corrected chi connectivity index (χ0v) is 27.7. The molecule has 1 nitrogen and oxygen atoms in total. The van der Waals surface area contributed by atoms with Crippen molar-refractivity contribution in [3.63, 3.8) is 0 Å². The van der Waals surface area contributed by atoms with E-state index in [1.807, 2.05) is 6.07 Å². The predicted octanol–water partition coefficient (Wildman–Crippen LogP) is 14.4. The summed E-state index contributed by atoms with van der Waals surface area (Å²) in [4.78, 5) is 0. The van der Waals surface area contributed by atoms with Crippen LogP contribution in [-0.4, -0.2) is 0 Å². The third-order valence-electron chi connectivity index (χ3n) is 10.8. The van der Waals surface area contributed by atoms with Gasteiger partial charge in [-0.3, -0.25) is 0 Å². The van der Waals surface area contributed by atoms with Crippen LogP contribution < -0.4 is 0 Å². The number of benzene rings is 10. The zero-order valence-electron chi connectivity index (χ0n) is 27.7. The first-order valence-corrected chi connectivity index (χ1v) is 17.6. The quantitative estimate of drug-likeness (QED) is 0.174. The highest BCUT2D eigenvalue weighted by atomic mass is 16.3. The van der Waals surface area contributed by atoms with E-state index in [0.717, 1.165) is 27.3 Å². The van der Waals surface area contributed by atoms with Crippen LogP contribution >= 0.6 is 0 Å². The highest BCUT2D eigenvalue weighted by Gasteiger charge is 2.22. The van der Waals surface area contributed by atoms with Crippen molar-refractivity contribution in [2.24, 2.45) is 0 Å². The average Bonchev–Trinajstić information content (AvgIpc) is 3.58. The Kier molecular flexibility index (Phi) is 6.02. The van der Waals surface area contributed by atoms with Crippen LogP contribution in [0.1, 0.15) is 0 Å². The Balaban J connectivity index is 1.23. The van der Waals surface area contributed by atoms with Gasteiger partial charge in [-0.2, -0.15) is 0 Å². The lowest BCUT2D eigenvalue weighted by Gasteiger charge is -2.20. The molecule has 11 rings (SSSR count). The number of hydrogen-bond donors (Lipinski definition) is 0. The van der Waals surface area contributed by atoms with Gasteiger partial charge in [-0.25, -0.2) is 0 Å². The Morgan fingerprint density at radius 3 is 1.41 bits per heavy atom. The van der Waals surface area contributed by atoms with E-state index >= 15 is 0 Å². The number of hydrogen-bond acceptors (Lipinski definition) is 1. The summed E-state index contributed by atoms with van der Waals surface area (Å²) in [5.41, 5.74) is 9.33. The summed E-state index contributed by atoms with van der Waals surface area (Å²) >= 11 is 0. The largest absolute Gasteiger partial charge is 0.455 e. The van der Waals surface area contributed by atoms with Crippen LogP contribution in [0.2, 0.25) is 0 Å². The summed E-state index contributed by atoms with van der Waals surface area (Å²) in [6.07, 6.45) is 0. The molecule has 10 aromatic carbocycles. The van der Waals surface area contributed by atoms with Crippen LogP contribution in [0.3, 0.4) is 0 Å². The molecule has 0 aliphatic carbocycles. The Bertz CT molecular complexity index is 3140. The molecule has 0 atom stereocenters. The average molecular weight is 647 g/mol. The van der Waals surface area contributed by atoms with Crippen LogP contribution in [0, 0.1) is 0 Å². The molecule has 0 aliphatic rings. The first-order valence-electron chi connectivity index (χ1n) is 17.6. The monoisotopic (exact) mass is 646 g/mol. The normalized spacial score (nSPS) is 11.9. The van der Waals surface area contributed by atoms with Gasteiger partial charge in [0, 0.05) is 16.2 Å². The highest BCUT2D eigenvalue weighted by Crippen LogP contribution is 2.49. The fourth-order valence-corrected chi connectivity index (χ4v) is 8.59. The first-order chi connectivity index (χ1) is 25.3. The van der Waals surface area contributed by atoms with Gasteiger partial charge in [0.25, 0.3) is 0 Å². The molecule has 0 fully saturated rings. The lowest BCUT2D eigenvalue weighted by atomic mass is 9.82. The van der Waals surface area contributed by atoms with E-state index in [1.54, 1.807) is 0 Å². The molecule has 0 bridgehead atoms. The van der Waals surface area contributed by atoms with Crippen LogP contribution in [0.15, 0.2) is 186 Å². The molecule has 11 aromatic rings. The highest BCUT2D eigenvalue weighted by molar-refractivity contribution is 6.28. The van der Waals surface area contributed by atoms with Crippen LogP contribution in [0.25, 0.3) is 109 Å². The molecule has 0 radical (unpaired) electrons. The van der Waals surface area contributed by atoms with Crippen molar-refractivity contribution in [1.82, 2.24) is 0 Å². The Morgan fingerprint density at radius 2 is 0.745 bits per heavy atom.